The van der Waals surface area contributed by atoms with Gasteiger partial charge in [0.2, 0.25) is 5.78 Å². The quantitative estimate of drug-likeness (QED) is 0.544. The van der Waals surface area contributed by atoms with Crippen LogP contribution in [-0.2, 0) is 0 Å². The smallest absolute Gasteiger partial charge is 0.226 e. The fourth-order valence-electron chi connectivity index (χ4n) is 2.24. The van der Waals surface area contributed by atoms with Gasteiger partial charge in [-0.1, -0.05) is 0 Å². The lowest BCUT2D eigenvalue weighted by Gasteiger charge is -2.04. The fraction of sp³-hybridized carbons (Fsp3) is 0. The van der Waals surface area contributed by atoms with Crippen molar-refractivity contribution in [3.05, 3.63) is 65.1 Å². The highest BCUT2D eigenvalue weighted by Gasteiger charge is 2.19. The highest BCUT2D eigenvalue weighted by molar-refractivity contribution is 7.11. The van der Waals surface area contributed by atoms with E-state index in [1.165, 1.54) is 17.5 Å². The lowest BCUT2D eigenvalue weighted by Crippen LogP contribution is -2.02. The molecule has 4 rings (SSSR count). The lowest BCUT2D eigenvalue weighted by atomic mass is 10.2. The molecule has 0 amide bonds. The van der Waals surface area contributed by atoms with Crippen LogP contribution < -0.4 is 0 Å². The maximum absolute atomic E-state index is 12.5. The van der Waals surface area contributed by atoms with Crippen LogP contribution in [0.25, 0.3) is 16.9 Å². The topological polar surface area (TPSA) is 73.0 Å². The minimum atomic E-state index is -0.163. The van der Waals surface area contributed by atoms with E-state index in [1.807, 2.05) is 18.2 Å². The molecule has 4 heterocycles. The zero-order chi connectivity index (χ0) is 14.9. The summed E-state index contributed by atoms with van der Waals surface area (Å²) in [5.41, 5.74) is 2.78. The third-order valence-corrected chi connectivity index (χ3v) is 4.02. The first-order valence-electron chi connectivity index (χ1n) is 6.52. The summed E-state index contributed by atoms with van der Waals surface area (Å²) in [6.45, 7) is 0. The van der Waals surface area contributed by atoms with Crippen LogP contribution >= 0.6 is 11.3 Å². The van der Waals surface area contributed by atoms with E-state index in [9.17, 15) is 4.79 Å². The summed E-state index contributed by atoms with van der Waals surface area (Å²) in [5, 5.41) is 6.52. The van der Waals surface area contributed by atoms with Gasteiger partial charge in [0.25, 0.3) is 0 Å². The van der Waals surface area contributed by atoms with E-state index in [0.29, 0.717) is 16.2 Å². The third kappa shape index (κ3) is 1.99. The number of carbonyl (C=O) groups is 1. The van der Waals surface area contributed by atoms with Crippen molar-refractivity contribution in [1.29, 1.82) is 0 Å². The van der Waals surface area contributed by atoms with Gasteiger partial charge in [-0.15, -0.1) is 11.3 Å². The molecule has 7 heteroatoms. The van der Waals surface area contributed by atoms with Gasteiger partial charge in [0.1, 0.15) is 0 Å². The second-order valence-electron chi connectivity index (χ2n) is 4.53. The number of fused-ring (bicyclic) bond motifs is 1. The van der Waals surface area contributed by atoms with Crippen LogP contribution in [0.15, 0.2) is 54.6 Å². The van der Waals surface area contributed by atoms with Crippen molar-refractivity contribution in [3.8, 4) is 11.3 Å². The van der Waals surface area contributed by atoms with Crippen LogP contribution in [-0.4, -0.2) is 30.3 Å². The van der Waals surface area contributed by atoms with Crippen LogP contribution in [0, 0.1) is 0 Å². The van der Waals surface area contributed by atoms with Gasteiger partial charge in [0.15, 0.2) is 10.7 Å². The molecule has 0 aromatic carbocycles. The van der Waals surface area contributed by atoms with Crippen LogP contribution in [0.3, 0.4) is 0 Å². The minimum Gasteiger partial charge on any atom is -0.286 e. The Balaban J connectivity index is 1.89. The molecule has 0 aliphatic heterocycles. The maximum atomic E-state index is 12.5. The largest absolute Gasteiger partial charge is 0.286 e. The van der Waals surface area contributed by atoms with E-state index in [-0.39, 0.29) is 5.78 Å². The number of hydrogen-bond donors (Lipinski definition) is 0. The van der Waals surface area contributed by atoms with E-state index in [1.54, 1.807) is 34.7 Å². The lowest BCUT2D eigenvalue weighted by molar-refractivity contribution is 0.103. The molecular weight excluding hydrogens is 298 g/mol. The van der Waals surface area contributed by atoms with E-state index < -0.39 is 0 Å². The molecule has 0 saturated heterocycles. The predicted molar refractivity (Wildman–Crippen MR) is 81.8 cm³/mol. The molecule has 0 unspecified atom stereocenters. The summed E-state index contributed by atoms with van der Waals surface area (Å²) >= 11 is 1.30. The van der Waals surface area contributed by atoms with Gasteiger partial charge in [0.05, 0.1) is 17.5 Å². The number of pyridine rings is 1. The van der Waals surface area contributed by atoms with Crippen molar-refractivity contribution in [2.75, 3.05) is 0 Å². The first kappa shape index (κ1) is 12.8. The van der Waals surface area contributed by atoms with Crippen molar-refractivity contribution < 1.29 is 4.79 Å². The molecule has 0 aliphatic carbocycles. The summed E-state index contributed by atoms with van der Waals surface area (Å²) in [4.78, 5) is 24.8. The average molecular weight is 307 g/mol. The Bertz CT molecular complexity index is 947. The van der Waals surface area contributed by atoms with Gasteiger partial charge in [-0.05, 0) is 18.2 Å². The van der Waals surface area contributed by atoms with Crippen LogP contribution in [0.5, 0.6) is 0 Å². The van der Waals surface area contributed by atoms with E-state index in [0.717, 1.165) is 11.3 Å². The molecule has 0 bridgehead atoms. The molecule has 0 saturated carbocycles. The number of aromatic nitrogens is 5. The van der Waals surface area contributed by atoms with Crippen molar-refractivity contribution in [2.24, 2.45) is 0 Å². The predicted octanol–water partition coefficient (Wildman–Crippen LogP) is 2.48. The van der Waals surface area contributed by atoms with Crippen molar-refractivity contribution in [1.82, 2.24) is 24.6 Å². The molecule has 22 heavy (non-hydrogen) atoms. The molecule has 0 fully saturated rings. The monoisotopic (exact) mass is 307 g/mol. The Hall–Kier alpha value is -2.93. The fourth-order valence-corrected chi connectivity index (χ4v) is 2.83. The summed E-state index contributed by atoms with van der Waals surface area (Å²) in [6.07, 6.45) is 8.25. The van der Waals surface area contributed by atoms with E-state index in [4.69, 9.17) is 0 Å². The Kier molecular flexibility index (Phi) is 2.97. The minimum absolute atomic E-state index is 0.163. The van der Waals surface area contributed by atoms with Crippen LogP contribution in [0.4, 0.5) is 0 Å². The van der Waals surface area contributed by atoms with Crippen molar-refractivity contribution in [3.63, 3.8) is 0 Å². The highest BCUT2D eigenvalue weighted by atomic mass is 32.1. The molecule has 0 spiro atoms. The number of nitrogens with zero attached hydrogens (tertiary/aromatic N) is 5. The molecule has 106 valence electrons. The first-order chi connectivity index (χ1) is 10.8. The SMILES string of the molecule is O=C(c1nccs1)c1cnn2c(-c3ccncc3)ccnc12. The molecule has 0 atom stereocenters. The third-order valence-electron chi connectivity index (χ3n) is 3.25. The number of thiazole rings is 1. The molecular formula is C15H9N5OS. The van der Waals surface area contributed by atoms with E-state index in [2.05, 4.69) is 20.1 Å². The van der Waals surface area contributed by atoms with Crippen LogP contribution in [0.2, 0.25) is 0 Å². The van der Waals surface area contributed by atoms with Gasteiger partial charge < -0.3 is 0 Å². The van der Waals surface area contributed by atoms with Crippen LogP contribution in [0.1, 0.15) is 15.4 Å². The average Bonchev–Trinajstić information content (AvgIpc) is 3.24. The normalized spacial score (nSPS) is 10.9. The maximum Gasteiger partial charge on any atom is 0.226 e. The Morgan fingerprint density at radius 3 is 2.68 bits per heavy atom. The summed E-state index contributed by atoms with van der Waals surface area (Å²) in [7, 11) is 0. The first-order valence-corrected chi connectivity index (χ1v) is 7.40. The molecule has 0 aliphatic rings. The van der Waals surface area contributed by atoms with Gasteiger partial charge in [-0.25, -0.2) is 14.5 Å². The van der Waals surface area contributed by atoms with Crippen molar-refractivity contribution in [2.45, 2.75) is 0 Å². The Labute approximate surface area is 129 Å². The molecule has 0 radical (unpaired) electrons. The van der Waals surface area contributed by atoms with E-state index >= 15 is 0 Å². The second-order valence-corrected chi connectivity index (χ2v) is 5.42. The van der Waals surface area contributed by atoms with Gasteiger partial charge in [-0.2, -0.15) is 5.10 Å². The molecule has 4 aromatic rings. The zero-order valence-electron chi connectivity index (χ0n) is 11.2. The van der Waals surface area contributed by atoms with Gasteiger partial charge in [0, 0.05) is 35.7 Å². The standard InChI is InChI=1S/C15H9N5OS/c21-13(15-18-7-8-22-15)11-9-19-20-12(3-6-17-14(11)20)10-1-4-16-5-2-10/h1-9H. The Morgan fingerprint density at radius 2 is 1.91 bits per heavy atom. The molecule has 4 aromatic heterocycles. The number of ketones is 1. The number of hydrogen-bond acceptors (Lipinski definition) is 6. The zero-order valence-corrected chi connectivity index (χ0v) is 12.1. The summed E-state index contributed by atoms with van der Waals surface area (Å²) in [5.74, 6) is -0.163. The summed E-state index contributed by atoms with van der Waals surface area (Å²) < 4.78 is 1.66. The highest BCUT2D eigenvalue weighted by Crippen LogP contribution is 2.22. The molecule has 6 nitrogen and oxygen atoms in total. The second kappa shape index (κ2) is 5.12. The van der Waals surface area contributed by atoms with Gasteiger partial charge in [-0.3, -0.25) is 9.78 Å². The Morgan fingerprint density at radius 1 is 1.05 bits per heavy atom. The number of carbonyl (C=O) groups excluding carboxylic acids is 1. The molecule has 0 N–H and O–H groups in total. The summed E-state index contributed by atoms with van der Waals surface area (Å²) in [6, 6.07) is 5.63. The van der Waals surface area contributed by atoms with Crippen molar-refractivity contribution >= 4 is 22.8 Å². The van der Waals surface area contributed by atoms with Gasteiger partial charge >= 0.3 is 0 Å². The number of rotatable bonds is 3.